The minimum atomic E-state index is 0.158. The van der Waals surface area contributed by atoms with Gasteiger partial charge in [0.15, 0.2) is 0 Å². The molecule has 0 spiro atoms. The lowest BCUT2D eigenvalue weighted by atomic mass is 9.89. The lowest BCUT2D eigenvalue weighted by Crippen LogP contribution is -2.16. The summed E-state index contributed by atoms with van der Waals surface area (Å²) in [5, 5.41) is 16.7. The van der Waals surface area contributed by atoms with Crippen LogP contribution in [0.25, 0.3) is 33.7 Å². The maximum absolute atomic E-state index is 8.41. The highest BCUT2D eigenvalue weighted by molar-refractivity contribution is 6.61. The molecule has 0 fully saturated rings. The molecule has 0 saturated carbocycles. The maximum atomic E-state index is 8.41. The quantitative estimate of drug-likeness (QED) is 0.453. The maximum Gasteiger partial charge on any atom is 0.0868 e. The number of nitrogens with one attached hydrogen (secondary N) is 2. The van der Waals surface area contributed by atoms with E-state index in [-0.39, 0.29) is 11.4 Å². The van der Waals surface area contributed by atoms with Crippen molar-refractivity contribution in [3.8, 4) is 22.5 Å². The first kappa shape index (κ1) is 19.4. The Bertz CT molecular complexity index is 1350. The summed E-state index contributed by atoms with van der Waals surface area (Å²) in [7, 11) is 0. The normalized spacial score (nSPS) is 13.5. The van der Waals surface area contributed by atoms with E-state index in [1.54, 1.807) is 43.3 Å². The molecule has 0 aliphatic heterocycles. The van der Waals surface area contributed by atoms with Gasteiger partial charge < -0.3 is 0 Å². The SMILES string of the molecule is N=C1C=C(c2ccc(-c3cccnc3)nc2)C=C(c2ccc(-c3cccnc3)nc2)C1=N. The van der Waals surface area contributed by atoms with Crippen LogP contribution in [0.3, 0.4) is 0 Å². The van der Waals surface area contributed by atoms with Crippen molar-refractivity contribution in [2.45, 2.75) is 0 Å². The highest BCUT2D eigenvalue weighted by atomic mass is 14.7. The predicted molar refractivity (Wildman–Crippen MR) is 126 cm³/mol. The van der Waals surface area contributed by atoms with Gasteiger partial charge in [0.05, 0.1) is 22.8 Å². The molecule has 6 heteroatoms. The van der Waals surface area contributed by atoms with Crippen molar-refractivity contribution >= 4 is 22.6 Å². The summed E-state index contributed by atoms with van der Waals surface area (Å²) in [6, 6.07) is 15.4. The molecular weight excluding hydrogens is 396 g/mol. The van der Waals surface area contributed by atoms with Crippen LogP contribution in [0.1, 0.15) is 11.1 Å². The fourth-order valence-corrected chi connectivity index (χ4v) is 3.52. The first-order valence-electron chi connectivity index (χ1n) is 10.0. The minimum Gasteiger partial charge on any atom is -0.299 e. The van der Waals surface area contributed by atoms with E-state index in [0.29, 0.717) is 5.57 Å². The zero-order valence-corrected chi connectivity index (χ0v) is 17.0. The van der Waals surface area contributed by atoms with Gasteiger partial charge in [-0.2, -0.15) is 0 Å². The van der Waals surface area contributed by atoms with Crippen LogP contribution < -0.4 is 0 Å². The van der Waals surface area contributed by atoms with Crippen LogP contribution >= 0.6 is 0 Å². The van der Waals surface area contributed by atoms with Crippen molar-refractivity contribution in [2.24, 2.45) is 0 Å². The summed E-state index contributed by atoms with van der Waals surface area (Å²) < 4.78 is 0. The second-order valence-corrected chi connectivity index (χ2v) is 7.29. The number of hydrogen-bond donors (Lipinski definition) is 2. The summed E-state index contributed by atoms with van der Waals surface area (Å²) in [6.07, 6.45) is 14.1. The van der Waals surface area contributed by atoms with Gasteiger partial charge in [0.2, 0.25) is 0 Å². The van der Waals surface area contributed by atoms with E-state index < -0.39 is 0 Å². The van der Waals surface area contributed by atoms with E-state index in [1.165, 1.54) is 0 Å². The second kappa shape index (κ2) is 8.28. The average molecular weight is 414 g/mol. The molecule has 0 saturated heterocycles. The summed E-state index contributed by atoms with van der Waals surface area (Å²) in [5.74, 6) is 0. The Morgan fingerprint density at radius 3 is 1.66 bits per heavy atom. The summed E-state index contributed by atoms with van der Waals surface area (Å²) in [4.78, 5) is 17.4. The largest absolute Gasteiger partial charge is 0.299 e. The number of nitrogens with zero attached hydrogens (tertiary/aromatic N) is 4. The molecule has 6 nitrogen and oxygen atoms in total. The van der Waals surface area contributed by atoms with Gasteiger partial charge in [0, 0.05) is 65.0 Å². The molecule has 152 valence electrons. The minimum absolute atomic E-state index is 0.158. The third kappa shape index (κ3) is 3.77. The Morgan fingerprint density at radius 1 is 0.562 bits per heavy atom. The van der Waals surface area contributed by atoms with Crippen molar-refractivity contribution in [2.75, 3.05) is 0 Å². The van der Waals surface area contributed by atoms with Crippen molar-refractivity contribution in [1.29, 1.82) is 10.8 Å². The van der Waals surface area contributed by atoms with Crippen molar-refractivity contribution in [1.82, 2.24) is 19.9 Å². The molecule has 0 radical (unpaired) electrons. The van der Waals surface area contributed by atoms with Gasteiger partial charge in [-0.3, -0.25) is 30.8 Å². The van der Waals surface area contributed by atoms with Gasteiger partial charge in [-0.05, 0) is 54.1 Å². The first-order chi connectivity index (χ1) is 15.7. The van der Waals surface area contributed by atoms with E-state index in [1.807, 2.05) is 54.6 Å². The van der Waals surface area contributed by atoms with Crippen molar-refractivity contribution in [3.05, 3.63) is 109 Å². The highest BCUT2D eigenvalue weighted by Crippen LogP contribution is 2.29. The van der Waals surface area contributed by atoms with Crippen LogP contribution in [0.2, 0.25) is 0 Å². The number of aromatic nitrogens is 4. The van der Waals surface area contributed by atoms with Crippen LogP contribution in [0.15, 0.2) is 97.9 Å². The van der Waals surface area contributed by atoms with Gasteiger partial charge in [-0.25, -0.2) is 0 Å². The Hall–Kier alpha value is -4.58. The smallest absolute Gasteiger partial charge is 0.0868 e. The Balaban J connectivity index is 1.46. The molecule has 0 aromatic carbocycles. The third-order valence-electron chi connectivity index (χ3n) is 5.22. The van der Waals surface area contributed by atoms with Gasteiger partial charge in [0.25, 0.3) is 0 Å². The molecule has 32 heavy (non-hydrogen) atoms. The lowest BCUT2D eigenvalue weighted by Gasteiger charge is -2.16. The molecule has 2 N–H and O–H groups in total. The van der Waals surface area contributed by atoms with E-state index in [4.69, 9.17) is 10.8 Å². The van der Waals surface area contributed by atoms with Crippen LogP contribution in [0.5, 0.6) is 0 Å². The molecule has 0 unspecified atom stereocenters. The van der Waals surface area contributed by atoms with E-state index in [9.17, 15) is 0 Å². The fraction of sp³-hybridized carbons (Fsp3) is 0. The van der Waals surface area contributed by atoms with Gasteiger partial charge in [-0.15, -0.1) is 0 Å². The van der Waals surface area contributed by atoms with Crippen LogP contribution in [-0.4, -0.2) is 31.4 Å². The predicted octanol–water partition coefficient (Wildman–Crippen LogP) is 5.12. The molecule has 4 aromatic heterocycles. The molecule has 5 rings (SSSR count). The van der Waals surface area contributed by atoms with E-state index in [0.717, 1.165) is 39.2 Å². The zero-order chi connectivity index (χ0) is 21.9. The monoisotopic (exact) mass is 414 g/mol. The van der Waals surface area contributed by atoms with Crippen LogP contribution in [0.4, 0.5) is 0 Å². The Kier molecular flexibility index (Phi) is 5.01. The molecule has 4 heterocycles. The van der Waals surface area contributed by atoms with Crippen LogP contribution in [-0.2, 0) is 0 Å². The fourth-order valence-electron chi connectivity index (χ4n) is 3.52. The van der Waals surface area contributed by atoms with Gasteiger partial charge >= 0.3 is 0 Å². The molecule has 0 atom stereocenters. The molecule has 0 amide bonds. The van der Waals surface area contributed by atoms with Gasteiger partial charge in [0.1, 0.15) is 0 Å². The first-order valence-corrected chi connectivity index (χ1v) is 10.0. The molecule has 0 bridgehead atoms. The Labute approximate surface area is 185 Å². The number of rotatable bonds is 4. The number of allylic oxidation sites excluding steroid dienone is 4. The molecule has 4 aromatic rings. The zero-order valence-electron chi connectivity index (χ0n) is 17.0. The van der Waals surface area contributed by atoms with Crippen molar-refractivity contribution in [3.63, 3.8) is 0 Å². The highest BCUT2D eigenvalue weighted by Gasteiger charge is 2.19. The standard InChI is InChI=1S/C26H18N6/c27-23-12-21(17-5-7-24(31-15-17)19-3-1-9-29-13-19)11-22(26(23)28)18-6-8-25(32-16-18)20-4-2-10-30-14-20/h1-16,27-28H. The molecule has 1 aliphatic carbocycles. The second-order valence-electron chi connectivity index (χ2n) is 7.29. The Morgan fingerprint density at radius 2 is 1.16 bits per heavy atom. The molecule has 1 aliphatic rings. The van der Waals surface area contributed by atoms with Crippen LogP contribution in [0, 0.1) is 10.8 Å². The number of hydrogen-bond acceptors (Lipinski definition) is 6. The summed E-state index contributed by atoms with van der Waals surface area (Å²) in [6.45, 7) is 0. The lowest BCUT2D eigenvalue weighted by molar-refractivity contribution is 1.27. The topological polar surface area (TPSA) is 99.3 Å². The van der Waals surface area contributed by atoms with E-state index >= 15 is 0 Å². The summed E-state index contributed by atoms with van der Waals surface area (Å²) >= 11 is 0. The summed E-state index contributed by atoms with van der Waals surface area (Å²) in [5.41, 5.74) is 7.02. The third-order valence-corrected chi connectivity index (χ3v) is 5.22. The van der Waals surface area contributed by atoms with E-state index in [2.05, 4.69) is 19.9 Å². The average Bonchev–Trinajstić information content (AvgIpc) is 2.87. The molecular formula is C26H18N6. The van der Waals surface area contributed by atoms with Gasteiger partial charge in [-0.1, -0.05) is 12.1 Å². The van der Waals surface area contributed by atoms with Crippen molar-refractivity contribution < 1.29 is 0 Å². The number of pyridine rings is 4.